The Labute approximate surface area is 170 Å². The van der Waals surface area contributed by atoms with Gasteiger partial charge in [0.05, 0.1) is 21.7 Å². The normalized spacial score (nSPS) is 12.6. The number of benzene rings is 3. The van der Waals surface area contributed by atoms with Gasteiger partial charge in [-0.15, -0.1) is 0 Å². The topological polar surface area (TPSA) is 110 Å². The summed E-state index contributed by atoms with van der Waals surface area (Å²) in [4.78, 5) is 49.3. The van der Waals surface area contributed by atoms with Crippen molar-refractivity contribution in [2.45, 2.75) is 6.92 Å². The second-order valence-electron chi connectivity index (χ2n) is 6.80. The van der Waals surface area contributed by atoms with E-state index >= 15 is 0 Å². The van der Waals surface area contributed by atoms with Crippen LogP contribution in [0.25, 0.3) is 0 Å². The average molecular weight is 401 g/mol. The van der Waals surface area contributed by atoms with Crippen LogP contribution in [0.4, 0.5) is 17.1 Å². The van der Waals surface area contributed by atoms with E-state index in [4.69, 9.17) is 0 Å². The molecule has 30 heavy (non-hydrogen) atoms. The second kappa shape index (κ2) is 7.25. The number of fused-ring (bicyclic) bond motifs is 1. The molecule has 4 rings (SSSR count). The third-order valence-electron chi connectivity index (χ3n) is 4.74. The third-order valence-corrected chi connectivity index (χ3v) is 4.74. The summed E-state index contributed by atoms with van der Waals surface area (Å²) in [7, 11) is 0. The van der Waals surface area contributed by atoms with Crippen LogP contribution in [0.3, 0.4) is 0 Å². The van der Waals surface area contributed by atoms with Crippen LogP contribution in [0.1, 0.15) is 36.6 Å². The minimum Gasteiger partial charge on any atom is -0.322 e. The van der Waals surface area contributed by atoms with Gasteiger partial charge in [-0.25, -0.2) is 4.90 Å². The SMILES string of the molecule is Cc1cccc(N2C(=O)c3ccc(NC(=O)c4ccc([N+](=O)[O-])cc4)cc3C2=O)c1. The molecule has 0 aromatic heterocycles. The predicted molar refractivity (Wildman–Crippen MR) is 110 cm³/mol. The summed E-state index contributed by atoms with van der Waals surface area (Å²) < 4.78 is 0. The summed E-state index contributed by atoms with van der Waals surface area (Å²) in [5.41, 5.74) is 2.30. The zero-order chi connectivity index (χ0) is 21.4. The van der Waals surface area contributed by atoms with E-state index in [-0.39, 0.29) is 22.4 Å². The molecule has 0 saturated carbocycles. The smallest absolute Gasteiger partial charge is 0.269 e. The van der Waals surface area contributed by atoms with Gasteiger partial charge in [-0.1, -0.05) is 12.1 Å². The molecule has 3 aromatic carbocycles. The number of imide groups is 1. The number of carbonyl (C=O) groups excluding carboxylic acids is 3. The molecule has 0 spiro atoms. The van der Waals surface area contributed by atoms with Crippen molar-refractivity contribution in [3.8, 4) is 0 Å². The quantitative estimate of drug-likeness (QED) is 0.404. The first-order valence-electron chi connectivity index (χ1n) is 9.00. The molecule has 1 aliphatic rings. The first-order valence-corrected chi connectivity index (χ1v) is 9.00. The Bertz CT molecular complexity index is 1220. The summed E-state index contributed by atoms with van der Waals surface area (Å²) in [5, 5.41) is 13.4. The average Bonchev–Trinajstić information content (AvgIpc) is 2.98. The Morgan fingerprint density at radius 2 is 1.63 bits per heavy atom. The molecule has 1 N–H and O–H groups in total. The lowest BCUT2D eigenvalue weighted by molar-refractivity contribution is -0.384. The van der Waals surface area contributed by atoms with Crippen molar-refractivity contribution in [3.05, 3.63) is 99.1 Å². The fraction of sp³-hybridized carbons (Fsp3) is 0.0455. The number of hydrogen-bond acceptors (Lipinski definition) is 5. The highest BCUT2D eigenvalue weighted by molar-refractivity contribution is 6.34. The van der Waals surface area contributed by atoms with Gasteiger partial charge < -0.3 is 5.32 Å². The lowest BCUT2D eigenvalue weighted by atomic mass is 10.1. The van der Waals surface area contributed by atoms with Crippen molar-refractivity contribution in [1.29, 1.82) is 0 Å². The fourth-order valence-electron chi connectivity index (χ4n) is 3.26. The standard InChI is InChI=1S/C22H15N3O5/c1-13-3-2-4-17(11-13)24-21(27)18-10-7-15(12-19(18)22(24)28)23-20(26)14-5-8-16(9-6-14)25(29)30/h2-12H,1H3,(H,23,26). The highest BCUT2D eigenvalue weighted by Crippen LogP contribution is 2.30. The zero-order valence-electron chi connectivity index (χ0n) is 15.8. The summed E-state index contributed by atoms with van der Waals surface area (Å²) in [6.07, 6.45) is 0. The van der Waals surface area contributed by atoms with E-state index < -0.39 is 22.6 Å². The zero-order valence-corrected chi connectivity index (χ0v) is 15.8. The number of non-ortho nitro benzene ring substituents is 1. The Morgan fingerprint density at radius 1 is 0.933 bits per heavy atom. The number of nitrogens with zero attached hydrogens (tertiary/aromatic N) is 2. The van der Waals surface area contributed by atoms with E-state index in [1.807, 2.05) is 13.0 Å². The number of aryl methyl sites for hydroxylation is 1. The highest BCUT2D eigenvalue weighted by atomic mass is 16.6. The molecule has 1 heterocycles. The van der Waals surface area contributed by atoms with E-state index in [9.17, 15) is 24.5 Å². The molecule has 3 amide bonds. The van der Waals surface area contributed by atoms with Crippen molar-refractivity contribution < 1.29 is 19.3 Å². The molecule has 0 saturated heterocycles. The minimum atomic E-state index is -0.551. The first kappa shape index (κ1) is 19.0. The molecule has 3 aromatic rings. The van der Waals surface area contributed by atoms with Gasteiger partial charge in [-0.2, -0.15) is 0 Å². The van der Waals surface area contributed by atoms with Crippen LogP contribution >= 0.6 is 0 Å². The number of anilines is 2. The maximum atomic E-state index is 12.9. The lowest BCUT2D eigenvalue weighted by Gasteiger charge is -2.14. The molecule has 0 fully saturated rings. The Balaban J connectivity index is 1.58. The molecule has 0 atom stereocenters. The maximum Gasteiger partial charge on any atom is 0.269 e. The van der Waals surface area contributed by atoms with Crippen LogP contribution in [0.5, 0.6) is 0 Å². The molecule has 0 aliphatic carbocycles. The largest absolute Gasteiger partial charge is 0.322 e. The van der Waals surface area contributed by atoms with Gasteiger partial charge in [0.25, 0.3) is 23.4 Å². The van der Waals surface area contributed by atoms with Crippen LogP contribution < -0.4 is 10.2 Å². The van der Waals surface area contributed by atoms with Crippen LogP contribution in [0, 0.1) is 17.0 Å². The van der Waals surface area contributed by atoms with Crippen molar-refractivity contribution >= 4 is 34.8 Å². The number of nitrogens with one attached hydrogen (secondary N) is 1. The summed E-state index contributed by atoms with van der Waals surface area (Å²) >= 11 is 0. The molecule has 1 aliphatic heterocycles. The van der Waals surface area contributed by atoms with Gasteiger partial charge in [-0.05, 0) is 55.0 Å². The molecule has 0 unspecified atom stereocenters. The second-order valence-corrected chi connectivity index (χ2v) is 6.80. The molecule has 0 bridgehead atoms. The highest BCUT2D eigenvalue weighted by Gasteiger charge is 2.36. The van der Waals surface area contributed by atoms with Gasteiger partial charge >= 0.3 is 0 Å². The Kier molecular flexibility index (Phi) is 4.59. The van der Waals surface area contributed by atoms with Crippen molar-refractivity contribution in [2.75, 3.05) is 10.2 Å². The Hall–Kier alpha value is -4.33. The van der Waals surface area contributed by atoms with Crippen molar-refractivity contribution in [1.82, 2.24) is 0 Å². The van der Waals surface area contributed by atoms with E-state index in [0.717, 1.165) is 10.5 Å². The lowest BCUT2D eigenvalue weighted by Crippen LogP contribution is -2.29. The van der Waals surface area contributed by atoms with Gasteiger partial charge in [0.15, 0.2) is 0 Å². The van der Waals surface area contributed by atoms with Gasteiger partial charge in [-0.3, -0.25) is 24.5 Å². The monoisotopic (exact) mass is 401 g/mol. The van der Waals surface area contributed by atoms with Crippen LogP contribution in [0.15, 0.2) is 66.7 Å². The first-order chi connectivity index (χ1) is 14.3. The van der Waals surface area contributed by atoms with Crippen molar-refractivity contribution in [3.63, 3.8) is 0 Å². The van der Waals surface area contributed by atoms with Gasteiger partial charge in [0.2, 0.25) is 0 Å². The van der Waals surface area contributed by atoms with Crippen LogP contribution in [0.2, 0.25) is 0 Å². The number of hydrogen-bond donors (Lipinski definition) is 1. The van der Waals surface area contributed by atoms with E-state index in [0.29, 0.717) is 11.4 Å². The molecular formula is C22H15N3O5. The molecule has 0 radical (unpaired) electrons. The maximum absolute atomic E-state index is 12.9. The van der Waals surface area contributed by atoms with Crippen LogP contribution in [-0.2, 0) is 0 Å². The van der Waals surface area contributed by atoms with E-state index in [2.05, 4.69) is 5.32 Å². The summed E-state index contributed by atoms with van der Waals surface area (Å²) in [5.74, 6) is -1.38. The number of rotatable bonds is 4. The number of amides is 3. The molecule has 8 nitrogen and oxygen atoms in total. The summed E-state index contributed by atoms with van der Waals surface area (Å²) in [6, 6.07) is 16.7. The summed E-state index contributed by atoms with van der Waals surface area (Å²) in [6.45, 7) is 1.87. The molecule has 8 heteroatoms. The van der Waals surface area contributed by atoms with Gasteiger partial charge in [0.1, 0.15) is 0 Å². The molecular weight excluding hydrogens is 386 g/mol. The predicted octanol–water partition coefficient (Wildman–Crippen LogP) is 3.96. The number of nitro benzene ring substituents is 1. The third kappa shape index (κ3) is 3.30. The van der Waals surface area contributed by atoms with Gasteiger partial charge in [0, 0.05) is 23.4 Å². The number of carbonyl (C=O) groups is 3. The van der Waals surface area contributed by atoms with E-state index in [1.165, 1.54) is 42.5 Å². The fourth-order valence-corrected chi connectivity index (χ4v) is 3.26. The molecule has 148 valence electrons. The minimum absolute atomic E-state index is 0.121. The Morgan fingerprint density at radius 3 is 2.30 bits per heavy atom. The van der Waals surface area contributed by atoms with Crippen molar-refractivity contribution in [2.24, 2.45) is 0 Å². The van der Waals surface area contributed by atoms with E-state index in [1.54, 1.807) is 18.2 Å². The van der Waals surface area contributed by atoms with Crippen LogP contribution in [-0.4, -0.2) is 22.6 Å². The number of nitro groups is 1.